The van der Waals surface area contributed by atoms with Crippen molar-refractivity contribution in [3.63, 3.8) is 0 Å². The second kappa shape index (κ2) is 14.1. The van der Waals surface area contributed by atoms with Crippen LogP contribution >= 0.6 is 0 Å². The average Bonchev–Trinajstić information content (AvgIpc) is 3.40. The van der Waals surface area contributed by atoms with Gasteiger partial charge in [0.25, 0.3) is 0 Å². The van der Waals surface area contributed by atoms with E-state index in [1.54, 1.807) is 35.9 Å². The Kier molecular flexibility index (Phi) is 10.6. The van der Waals surface area contributed by atoms with Crippen LogP contribution < -0.4 is 16.0 Å². The zero-order chi connectivity index (χ0) is 31.3. The van der Waals surface area contributed by atoms with Crippen molar-refractivity contribution in [2.45, 2.75) is 83.6 Å². The van der Waals surface area contributed by atoms with Crippen LogP contribution in [0.3, 0.4) is 0 Å². The Morgan fingerprint density at radius 3 is 2.19 bits per heavy atom. The topological polar surface area (TPSA) is 111 Å². The van der Waals surface area contributed by atoms with Gasteiger partial charge in [-0.1, -0.05) is 55.8 Å². The van der Waals surface area contributed by atoms with Gasteiger partial charge in [-0.3, -0.25) is 19.2 Å². The molecule has 0 aliphatic carbocycles. The van der Waals surface area contributed by atoms with E-state index in [1.165, 1.54) is 12.1 Å². The summed E-state index contributed by atoms with van der Waals surface area (Å²) in [5.41, 5.74) is 2.63. The van der Waals surface area contributed by atoms with Crippen LogP contribution in [0.15, 0.2) is 48.5 Å². The van der Waals surface area contributed by atoms with E-state index >= 15 is 0 Å². The van der Waals surface area contributed by atoms with Crippen LogP contribution in [0.2, 0.25) is 0 Å². The minimum Gasteiger partial charge on any atom is -0.343 e. The minimum absolute atomic E-state index is 0.0473. The number of hydrogen-bond acceptors (Lipinski definition) is 5. The quantitative estimate of drug-likeness (QED) is 0.414. The number of carbonyl (C=O) groups excluding carboxylic acids is 4. The SMILES string of the molecule is CN[C@@H](C)C(=O)N[C@H]1CN(C(=O)CC(C)C)CC[C@H]2CC[C@@H](C(=O)NC(c3ccc(C)cc3)c3ccc(F)cc3)N2C1=O. The van der Waals surface area contributed by atoms with Crippen LogP contribution in [0.5, 0.6) is 0 Å². The molecule has 2 aliphatic heterocycles. The third-order valence-electron chi connectivity index (χ3n) is 8.47. The number of halogens is 1. The molecule has 1 unspecified atom stereocenters. The van der Waals surface area contributed by atoms with E-state index in [9.17, 15) is 23.6 Å². The number of hydrogen-bond donors (Lipinski definition) is 3. The zero-order valence-electron chi connectivity index (χ0n) is 25.7. The molecule has 0 aromatic heterocycles. The summed E-state index contributed by atoms with van der Waals surface area (Å²) in [5, 5.41) is 8.87. The lowest BCUT2D eigenvalue weighted by molar-refractivity contribution is -0.147. The Balaban J connectivity index is 1.61. The molecule has 2 saturated heterocycles. The van der Waals surface area contributed by atoms with Gasteiger partial charge in [0.05, 0.1) is 12.1 Å². The van der Waals surface area contributed by atoms with Gasteiger partial charge in [-0.2, -0.15) is 0 Å². The van der Waals surface area contributed by atoms with Gasteiger partial charge in [0, 0.05) is 25.6 Å². The molecule has 43 heavy (non-hydrogen) atoms. The molecule has 5 atom stereocenters. The Bertz CT molecular complexity index is 1250. The summed E-state index contributed by atoms with van der Waals surface area (Å²) in [4.78, 5) is 57.4. The van der Waals surface area contributed by atoms with Crippen LogP contribution in [0, 0.1) is 18.7 Å². The van der Waals surface area contributed by atoms with Gasteiger partial charge < -0.3 is 25.8 Å². The number of nitrogens with zero attached hydrogens (tertiary/aromatic N) is 2. The number of rotatable bonds is 9. The van der Waals surface area contributed by atoms with Crippen molar-refractivity contribution in [3.05, 3.63) is 71.0 Å². The first kappa shape index (κ1) is 32.1. The van der Waals surface area contributed by atoms with Gasteiger partial charge in [-0.05, 0) is 69.3 Å². The summed E-state index contributed by atoms with van der Waals surface area (Å²) >= 11 is 0. The summed E-state index contributed by atoms with van der Waals surface area (Å²) < 4.78 is 13.8. The van der Waals surface area contributed by atoms with Gasteiger partial charge in [0.15, 0.2) is 0 Å². The molecule has 4 amide bonds. The number of fused-ring (bicyclic) bond motifs is 1. The lowest BCUT2D eigenvalue weighted by Crippen LogP contribution is -2.62. The molecular formula is C33H44FN5O4. The minimum atomic E-state index is -0.986. The van der Waals surface area contributed by atoms with Gasteiger partial charge in [-0.15, -0.1) is 0 Å². The molecule has 0 saturated carbocycles. The molecule has 0 bridgehead atoms. The van der Waals surface area contributed by atoms with Crippen molar-refractivity contribution in [2.24, 2.45) is 5.92 Å². The lowest BCUT2D eigenvalue weighted by Gasteiger charge is -2.39. The normalized spacial score (nSPS) is 21.9. The fourth-order valence-electron chi connectivity index (χ4n) is 5.88. The first-order valence-corrected chi connectivity index (χ1v) is 15.2. The Morgan fingerprint density at radius 1 is 0.953 bits per heavy atom. The predicted octanol–water partition coefficient (Wildman–Crippen LogP) is 3.07. The maximum absolute atomic E-state index is 14.2. The molecule has 2 fully saturated rings. The van der Waals surface area contributed by atoms with Crippen LogP contribution in [-0.2, 0) is 19.2 Å². The third-order valence-corrected chi connectivity index (χ3v) is 8.47. The van der Waals surface area contributed by atoms with Crippen molar-refractivity contribution in [1.29, 1.82) is 0 Å². The van der Waals surface area contributed by atoms with Crippen LogP contribution in [0.4, 0.5) is 4.39 Å². The Hall–Kier alpha value is -3.79. The maximum atomic E-state index is 14.2. The number of benzene rings is 2. The summed E-state index contributed by atoms with van der Waals surface area (Å²) in [6.45, 7) is 8.10. The van der Waals surface area contributed by atoms with Gasteiger partial charge in [0.2, 0.25) is 23.6 Å². The molecule has 10 heteroatoms. The molecule has 2 heterocycles. The van der Waals surface area contributed by atoms with E-state index < -0.39 is 24.2 Å². The van der Waals surface area contributed by atoms with Crippen molar-refractivity contribution >= 4 is 23.6 Å². The number of amides is 4. The monoisotopic (exact) mass is 593 g/mol. The average molecular weight is 594 g/mol. The lowest BCUT2D eigenvalue weighted by atomic mass is 9.97. The molecule has 2 aromatic carbocycles. The molecule has 9 nitrogen and oxygen atoms in total. The predicted molar refractivity (Wildman–Crippen MR) is 162 cm³/mol. The number of aryl methyl sites for hydroxylation is 1. The molecule has 2 aromatic rings. The summed E-state index contributed by atoms with van der Waals surface area (Å²) in [7, 11) is 1.66. The Morgan fingerprint density at radius 2 is 1.58 bits per heavy atom. The van der Waals surface area contributed by atoms with Crippen LogP contribution in [0.25, 0.3) is 0 Å². The van der Waals surface area contributed by atoms with Crippen molar-refractivity contribution in [1.82, 2.24) is 25.8 Å². The number of nitrogens with one attached hydrogen (secondary N) is 3. The fraction of sp³-hybridized carbons (Fsp3) is 0.515. The highest BCUT2D eigenvalue weighted by atomic mass is 19.1. The number of likely N-dealkylation sites (N-methyl/N-ethyl adjacent to an activating group) is 1. The fourth-order valence-corrected chi connectivity index (χ4v) is 5.88. The van der Waals surface area contributed by atoms with Crippen molar-refractivity contribution in [2.75, 3.05) is 20.1 Å². The first-order chi connectivity index (χ1) is 20.5. The van der Waals surface area contributed by atoms with E-state index in [0.717, 1.165) is 16.7 Å². The second-order valence-electron chi connectivity index (χ2n) is 12.2. The summed E-state index contributed by atoms with van der Waals surface area (Å²) in [6.07, 6.45) is 1.96. The van der Waals surface area contributed by atoms with Crippen LogP contribution in [0.1, 0.15) is 69.2 Å². The molecule has 232 valence electrons. The van der Waals surface area contributed by atoms with Gasteiger partial charge in [0.1, 0.15) is 17.9 Å². The largest absolute Gasteiger partial charge is 0.343 e. The molecule has 0 spiro atoms. The summed E-state index contributed by atoms with van der Waals surface area (Å²) in [6, 6.07) is 10.7. The smallest absolute Gasteiger partial charge is 0.247 e. The third kappa shape index (κ3) is 7.79. The van der Waals surface area contributed by atoms with Gasteiger partial charge >= 0.3 is 0 Å². The van der Waals surface area contributed by atoms with E-state index in [1.807, 2.05) is 45.0 Å². The standard InChI is InChI=1S/C33H44FN5O4/c1-20(2)18-29(40)38-17-16-26-14-15-28(39(26)33(43)27(19-38)36-31(41)22(4)35-5)32(42)37-30(23-8-6-21(3)7-9-23)24-10-12-25(34)13-11-24/h6-13,20,22,26-28,30,35H,14-19H2,1-5H3,(H,36,41)(H,37,42)/t22-,26+,27-,28-,30?/m0/s1. The highest BCUT2D eigenvalue weighted by Crippen LogP contribution is 2.31. The van der Waals surface area contributed by atoms with E-state index in [0.29, 0.717) is 32.2 Å². The van der Waals surface area contributed by atoms with E-state index in [-0.39, 0.29) is 48.0 Å². The Labute approximate surface area is 253 Å². The second-order valence-corrected chi connectivity index (χ2v) is 12.2. The first-order valence-electron chi connectivity index (χ1n) is 15.2. The van der Waals surface area contributed by atoms with Gasteiger partial charge in [-0.25, -0.2) is 4.39 Å². The molecule has 2 aliphatic rings. The van der Waals surface area contributed by atoms with Crippen molar-refractivity contribution < 1.29 is 23.6 Å². The van der Waals surface area contributed by atoms with Crippen molar-refractivity contribution in [3.8, 4) is 0 Å². The molecule has 0 radical (unpaired) electrons. The highest BCUT2D eigenvalue weighted by molar-refractivity contribution is 5.94. The maximum Gasteiger partial charge on any atom is 0.247 e. The van der Waals surface area contributed by atoms with E-state index in [2.05, 4.69) is 16.0 Å². The molecular weight excluding hydrogens is 549 g/mol. The van der Waals surface area contributed by atoms with E-state index in [4.69, 9.17) is 0 Å². The number of carbonyl (C=O) groups is 4. The zero-order valence-corrected chi connectivity index (χ0v) is 25.7. The molecule has 4 rings (SSSR count). The van der Waals surface area contributed by atoms with Crippen LogP contribution in [-0.4, -0.2) is 77.7 Å². The highest BCUT2D eigenvalue weighted by Gasteiger charge is 2.46. The summed E-state index contributed by atoms with van der Waals surface area (Å²) in [5.74, 6) is -1.30. The molecule has 3 N–H and O–H groups in total.